The first-order valence-electron chi connectivity index (χ1n) is 12.9. The van der Waals surface area contributed by atoms with Crippen LogP contribution in [0.2, 0.25) is 0 Å². The minimum atomic E-state index is -0.272. The van der Waals surface area contributed by atoms with Crippen LogP contribution in [0.5, 0.6) is 0 Å². The highest BCUT2D eigenvalue weighted by Gasteiger charge is 2.12. The number of rotatable bonds is 9. The van der Waals surface area contributed by atoms with Crippen molar-refractivity contribution in [3.63, 3.8) is 0 Å². The maximum Gasteiger partial charge on any atom is 0.138 e. The standard InChI is InChI=1S/C32H31FS2/c1-2-3-4-5-6-7-8-9-12-23-16-19-26-29(21-23)34-32-27-20-17-24(22-30(27)35-31(26)32)15-18-25-13-10-11-14-28(25)33/h10-11,13-14,16-17,19-22H,2-9,12H2,1H3. The van der Waals surface area contributed by atoms with Gasteiger partial charge in [-0.2, -0.15) is 0 Å². The summed E-state index contributed by atoms with van der Waals surface area (Å²) >= 11 is 3.75. The Hall–Kier alpha value is -2.67. The Kier molecular flexibility index (Phi) is 7.82. The Bertz CT molecular complexity index is 1510. The summed E-state index contributed by atoms with van der Waals surface area (Å²) in [6, 6.07) is 20.1. The van der Waals surface area contributed by atoms with E-state index in [4.69, 9.17) is 0 Å². The minimum Gasteiger partial charge on any atom is -0.206 e. The average Bonchev–Trinajstić information content (AvgIpc) is 3.40. The lowest BCUT2D eigenvalue weighted by atomic mass is 10.0. The van der Waals surface area contributed by atoms with Crippen LogP contribution < -0.4 is 0 Å². The fraction of sp³-hybridized carbons (Fsp3) is 0.312. The van der Waals surface area contributed by atoms with E-state index in [1.54, 1.807) is 12.1 Å². The smallest absolute Gasteiger partial charge is 0.138 e. The van der Waals surface area contributed by atoms with E-state index < -0.39 is 0 Å². The van der Waals surface area contributed by atoms with Gasteiger partial charge in [0.2, 0.25) is 0 Å². The number of aryl methyl sites for hydroxylation is 1. The third-order valence-corrected chi connectivity index (χ3v) is 9.18. The molecule has 0 saturated carbocycles. The summed E-state index contributed by atoms with van der Waals surface area (Å²) in [5.74, 6) is 5.84. The van der Waals surface area contributed by atoms with E-state index in [0.717, 1.165) is 5.56 Å². The van der Waals surface area contributed by atoms with Crippen molar-refractivity contribution < 1.29 is 4.39 Å². The molecule has 0 aliphatic heterocycles. The fourth-order valence-corrected chi connectivity index (χ4v) is 7.46. The average molecular weight is 499 g/mol. The van der Waals surface area contributed by atoms with Crippen LogP contribution in [0.25, 0.3) is 29.6 Å². The molecule has 0 spiro atoms. The molecule has 0 atom stereocenters. The van der Waals surface area contributed by atoms with Crippen LogP contribution in [0.3, 0.4) is 0 Å². The van der Waals surface area contributed by atoms with E-state index in [0.29, 0.717) is 5.56 Å². The first-order chi connectivity index (χ1) is 17.2. The van der Waals surface area contributed by atoms with Gasteiger partial charge in [-0.1, -0.05) is 94.0 Å². The number of fused-ring (bicyclic) bond motifs is 5. The molecule has 3 heteroatoms. The van der Waals surface area contributed by atoms with Crippen molar-refractivity contribution in [2.24, 2.45) is 0 Å². The summed E-state index contributed by atoms with van der Waals surface area (Å²) in [5, 5.41) is 2.66. The number of halogens is 1. The van der Waals surface area contributed by atoms with Crippen LogP contribution in [0.15, 0.2) is 60.7 Å². The van der Waals surface area contributed by atoms with Crippen molar-refractivity contribution in [3.05, 3.63) is 83.2 Å². The van der Waals surface area contributed by atoms with Crippen molar-refractivity contribution >= 4 is 52.2 Å². The predicted octanol–water partition coefficient (Wildman–Crippen LogP) is 10.5. The molecule has 2 heterocycles. The molecule has 0 unspecified atom stereocenters. The van der Waals surface area contributed by atoms with E-state index in [1.165, 1.54) is 99.0 Å². The van der Waals surface area contributed by atoms with Crippen molar-refractivity contribution in [3.8, 4) is 11.8 Å². The summed E-state index contributed by atoms with van der Waals surface area (Å²) in [6.07, 6.45) is 12.1. The van der Waals surface area contributed by atoms with Gasteiger partial charge in [-0.05, 0) is 48.7 Å². The fourth-order valence-electron chi connectivity index (χ4n) is 4.70. The first kappa shape index (κ1) is 24.0. The first-order valence-corrected chi connectivity index (χ1v) is 14.5. The van der Waals surface area contributed by atoms with E-state index in [9.17, 15) is 4.39 Å². The molecule has 178 valence electrons. The molecular formula is C32H31FS2. The quantitative estimate of drug-likeness (QED) is 0.140. The van der Waals surface area contributed by atoms with Gasteiger partial charge >= 0.3 is 0 Å². The van der Waals surface area contributed by atoms with Crippen molar-refractivity contribution in [2.45, 2.75) is 64.7 Å². The maximum absolute atomic E-state index is 13.9. The topological polar surface area (TPSA) is 0 Å². The van der Waals surface area contributed by atoms with Gasteiger partial charge in [0.25, 0.3) is 0 Å². The monoisotopic (exact) mass is 498 g/mol. The molecule has 35 heavy (non-hydrogen) atoms. The van der Waals surface area contributed by atoms with Crippen molar-refractivity contribution in [1.29, 1.82) is 0 Å². The summed E-state index contributed by atoms with van der Waals surface area (Å²) in [4.78, 5) is 0. The molecule has 0 N–H and O–H groups in total. The Morgan fingerprint density at radius 3 is 2.09 bits per heavy atom. The SMILES string of the molecule is CCCCCCCCCCc1ccc2c(c1)sc1c3ccc(C#Cc4ccccc4F)cc3sc21. The molecule has 0 nitrogen and oxygen atoms in total. The number of unbranched alkanes of at least 4 members (excludes halogenated alkanes) is 7. The highest BCUT2D eigenvalue weighted by Crippen LogP contribution is 2.44. The van der Waals surface area contributed by atoms with Crippen LogP contribution in [0.4, 0.5) is 4.39 Å². The zero-order valence-electron chi connectivity index (χ0n) is 20.3. The van der Waals surface area contributed by atoms with Gasteiger partial charge in [0.05, 0.1) is 15.0 Å². The zero-order valence-corrected chi connectivity index (χ0v) is 22.0. The van der Waals surface area contributed by atoms with E-state index in [2.05, 4.69) is 55.2 Å². The van der Waals surface area contributed by atoms with E-state index in [-0.39, 0.29) is 5.82 Å². The summed E-state index contributed by atoms with van der Waals surface area (Å²) in [7, 11) is 0. The molecule has 0 radical (unpaired) electrons. The lowest BCUT2D eigenvalue weighted by Gasteiger charge is -2.03. The second-order valence-corrected chi connectivity index (χ2v) is 11.5. The maximum atomic E-state index is 13.9. The molecule has 3 aromatic carbocycles. The lowest BCUT2D eigenvalue weighted by molar-refractivity contribution is 0.575. The minimum absolute atomic E-state index is 0.272. The second-order valence-electron chi connectivity index (χ2n) is 9.36. The largest absolute Gasteiger partial charge is 0.206 e. The van der Waals surface area contributed by atoms with Gasteiger partial charge in [0.15, 0.2) is 0 Å². The Morgan fingerprint density at radius 2 is 1.34 bits per heavy atom. The van der Waals surface area contributed by atoms with Gasteiger partial charge < -0.3 is 0 Å². The normalized spacial score (nSPS) is 11.4. The summed E-state index contributed by atoms with van der Waals surface area (Å²) < 4.78 is 19.3. The van der Waals surface area contributed by atoms with Crippen LogP contribution in [0, 0.1) is 17.7 Å². The van der Waals surface area contributed by atoms with Gasteiger partial charge in [-0.15, -0.1) is 22.7 Å². The molecule has 0 fully saturated rings. The van der Waals surface area contributed by atoms with Gasteiger partial charge in [0.1, 0.15) is 5.82 Å². The van der Waals surface area contributed by atoms with E-state index in [1.807, 2.05) is 28.7 Å². The molecule has 0 bridgehead atoms. The molecular weight excluding hydrogens is 467 g/mol. The molecule has 0 amide bonds. The number of thiophene rings is 2. The van der Waals surface area contributed by atoms with Crippen LogP contribution in [-0.4, -0.2) is 0 Å². The number of hydrogen-bond acceptors (Lipinski definition) is 2. The van der Waals surface area contributed by atoms with Crippen molar-refractivity contribution in [2.75, 3.05) is 0 Å². The third-order valence-electron chi connectivity index (χ3n) is 6.68. The van der Waals surface area contributed by atoms with Gasteiger partial charge in [0, 0.05) is 25.7 Å². The predicted molar refractivity (Wildman–Crippen MR) is 153 cm³/mol. The number of benzene rings is 3. The summed E-state index contributed by atoms with van der Waals surface area (Å²) in [5.41, 5.74) is 2.83. The van der Waals surface area contributed by atoms with E-state index >= 15 is 0 Å². The highest BCUT2D eigenvalue weighted by atomic mass is 32.1. The summed E-state index contributed by atoms with van der Waals surface area (Å²) in [6.45, 7) is 2.28. The molecule has 5 rings (SSSR count). The Morgan fingerprint density at radius 1 is 0.686 bits per heavy atom. The second kappa shape index (κ2) is 11.4. The lowest BCUT2D eigenvalue weighted by Crippen LogP contribution is -1.86. The molecule has 0 saturated heterocycles. The molecule has 0 aliphatic carbocycles. The third kappa shape index (κ3) is 5.61. The molecule has 0 aliphatic rings. The molecule has 5 aromatic rings. The van der Waals surface area contributed by atoms with Crippen LogP contribution in [-0.2, 0) is 6.42 Å². The van der Waals surface area contributed by atoms with Gasteiger partial charge in [-0.3, -0.25) is 0 Å². The Balaban J connectivity index is 1.29. The number of hydrogen-bond donors (Lipinski definition) is 0. The zero-order chi connectivity index (χ0) is 24.0. The van der Waals surface area contributed by atoms with Gasteiger partial charge in [-0.25, -0.2) is 4.39 Å². The van der Waals surface area contributed by atoms with Crippen LogP contribution in [0.1, 0.15) is 75.0 Å². The van der Waals surface area contributed by atoms with Crippen molar-refractivity contribution in [1.82, 2.24) is 0 Å². The highest BCUT2D eigenvalue weighted by molar-refractivity contribution is 7.36. The molecule has 2 aromatic heterocycles. The Labute approximate surface area is 215 Å². The van der Waals surface area contributed by atoms with Crippen LogP contribution >= 0.6 is 22.7 Å².